The van der Waals surface area contributed by atoms with Gasteiger partial charge >= 0.3 is 0 Å². The first-order valence-corrected chi connectivity index (χ1v) is 8.19. The van der Waals surface area contributed by atoms with Crippen LogP contribution in [0.15, 0.2) is 24.3 Å². The van der Waals surface area contributed by atoms with Gasteiger partial charge in [-0.1, -0.05) is 48.0 Å². The minimum Gasteiger partial charge on any atom is -0.369 e. The fourth-order valence-corrected chi connectivity index (χ4v) is 3.28. The van der Waals surface area contributed by atoms with E-state index in [0.717, 1.165) is 18.8 Å². The van der Waals surface area contributed by atoms with Crippen molar-refractivity contribution in [2.24, 2.45) is 11.8 Å². The van der Waals surface area contributed by atoms with E-state index in [1.165, 1.54) is 12.5 Å². The van der Waals surface area contributed by atoms with Crippen molar-refractivity contribution in [1.82, 2.24) is 0 Å². The maximum Gasteiger partial charge on any atom is 0.129 e. The van der Waals surface area contributed by atoms with Crippen LogP contribution in [0.25, 0.3) is 0 Å². The predicted octanol–water partition coefficient (Wildman–Crippen LogP) is 5.10. The lowest BCUT2D eigenvalue weighted by atomic mass is 9.80. The molecule has 19 heavy (non-hydrogen) atoms. The van der Waals surface area contributed by atoms with Crippen molar-refractivity contribution in [3.05, 3.63) is 35.6 Å². The minimum atomic E-state index is -0.188. The molecule has 2 rings (SSSR count). The molecule has 0 bridgehead atoms. The van der Waals surface area contributed by atoms with Crippen LogP contribution in [0.4, 0.5) is 4.39 Å². The first-order valence-electron chi connectivity index (χ1n) is 7.07. The van der Waals surface area contributed by atoms with Gasteiger partial charge in [-0.3, -0.25) is 0 Å². The first-order chi connectivity index (χ1) is 9.11. The van der Waals surface area contributed by atoms with Crippen molar-refractivity contribution in [1.29, 1.82) is 0 Å². The van der Waals surface area contributed by atoms with E-state index in [2.05, 4.69) is 29.8 Å². The van der Waals surface area contributed by atoms with Gasteiger partial charge in [-0.15, -0.1) is 0 Å². The lowest BCUT2D eigenvalue weighted by Crippen LogP contribution is -2.28. The Labute approximate surface area is 123 Å². The van der Waals surface area contributed by atoms with Gasteiger partial charge in [-0.25, -0.2) is 4.39 Å². The molecule has 1 aliphatic rings. The van der Waals surface area contributed by atoms with Crippen LogP contribution in [0.5, 0.6) is 0 Å². The molecule has 4 unspecified atom stereocenters. The Hall–Kier alpha value is -0.410. The molecule has 0 heterocycles. The van der Waals surface area contributed by atoms with Crippen LogP contribution in [0.1, 0.15) is 44.8 Å². The molecule has 1 saturated carbocycles. The van der Waals surface area contributed by atoms with E-state index in [0.29, 0.717) is 16.8 Å². The molecule has 0 aromatic heterocycles. The largest absolute Gasteiger partial charge is 0.369 e. The quantitative estimate of drug-likeness (QED) is 0.698. The summed E-state index contributed by atoms with van der Waals surface area (Å²) in [5.74, 6) is 1.29. The molecular weight excluding hydrogens is 307 g/mol. The first kappa shape index (κ1) is 15.0. The predicted molar refractivity (Wildman–Crippen MR) is 80.0 cm³/mol. The summed E-state index contributed by atoms with van der Waals surface area (Å²) in [5.41, 5.74) is 0.658. The van der Waals surface area contributed by atoms with E-state index in [1.807, 2.05) is 12.1 Å². The van der Waals surface area contributed by atoms with E-state index in [4.69, 9.17) is 4.74 Å². The van der Waals surface area contributed by atoms with E-state index in [-0.39, 0.29) is 18.0 Å². The van der Waals surface area contributed by atoms with E-state index in [9.17, 15) is 4.39 Å². The van der Waals surface area contributed by atoms with Crippen molar-refractivity contribution in [2.45, 2.75) is 45.3 Å². The lowest BCUT2D eigenvalue weighted by molar-refractivity contribution is -0.0395. The van der Waals surface area contributed by atoms with Gasteiger partial charge in [-0.05, 0) is 37.2 Å². The van der Waals surface area contributed by atoms with Gasteiger partial charge in [0.25, 0.3) is 0 Å². The van der Waals surface area contributed by atoms with Crippen LogP contribution in [0, 0.1) is 17.7 Å². The highest BCUT2D eigenvalue weighted by Gasteiger charge is 2.28. The normalized spacial score (nSPS) is 29.2. The van der Waals surface area contributed by atoms with Gasteiger partial charge in [0.2, 0.25) is 0 Å². The van der Waals surface area contributed by atoms with Crippen molar-refractivity contribution in [3.8, 4) is 0 Å². The Morgan fingerprint density at radius 2 is 2.00 bits per heavy atom. The van der Waals surface area contributed by atoms with Crippen LogP contribution >= 0.6 is 15.9 Å². The Kier molecular flexibility index (Phi) is 5.40. The number of rotatable bonds is 4. The molecule has 0 N–H and O–H groups in total. The third-order valence-corrected chi connectivity index (χ3v) is 4.89. The van der Waals surface area contributed by atoms with Gasteiger partial charge in [-0.2, -0.15) is 0 Å². The molecule has 3 heteroatoms. The zero-order valence-corrected chi connectivity index (χ0v) is 13.2. The Morgan fingerprint density at radius 3 is 2.63 bits per heavy atom. The summed E-state index contributed by atoms with van der Waals surface area (Å²) >= 11 is 3.45. The van der Waals surface area contributed by atoms with Crippen LogP contribution in [0.2, 0.25) is 0 Å². The smallest absolute Gasteiger partial charge is 0.129 e. The van der Waals surface area contributed by atoms with Gasteiger partial charge in [0, 0.05) is 10.9 Å². The molecule has 0 spiro atoms. The highest BCUT2D eigenvalue weighted by atomic mass is 79.9. The number of ether oxygens (including phenoxy) is 1. The SMILES string of the molecule is CC1CCC(OC(CBr)c2ccccc2F)CC1C. The fourth-order valence-electron chi connectivity index (χ4n) is 2.78. The van der Waals surface area contributed by atoms with Crippen LogP contribution in [-0.4, -0.2) is 11.4 Å². The summed E-state index contributed by atoms with van der Waals surface area (Å²) in [7, 11) is 0. The number of benzene rings is 1. The number of halogens is 2. The second kappa shape index (κ2) is 6.85. The van der Waals surface area contributed by atoms with E-state index >= 15 is 0 Å². The molecule has 1 aromatic carbocycles. The highest BCUT2D eigenvalue weighted by molar-refractivity contribution is 9.09. The summed E-state index contributed by atoms with van der Waals surface area (Å²) in [6.07, 6.45) is 3.45. The van der Waals surface area contributed by atoms with Crippen LogP contribution in [0.3, 0.4) is 0 Å². The third-order valence-electron chi connectivity index (χ3n) is 4.30. The summed E-state index contributed by atoms with van der Waals surface area (Å²) in [6, 6.07) is 6.90. The van der Waals surface area contributed by atoms with E-state index in [1.54, 1.807) is 6.07 Å². The monoisotopic (exact) mass is 328 g/mol. The second-order valence-electron chi connectivity index (χ2n) is 5.69. The molecule has 0 saturated heterocycles. The zero-order valence-electron chi connectivity index (χ0n) is 11.6. The zero-order chi connectivity index (χ0) is 13.8. The van der Waals surface area contributed by atoms with Crippen molar-refractivity contribution >= 4 is 15.9 Å². The Morgan fingerprint density at radius 1 is 1.26 bits per heavy atom. The lowest BCUT2D eigenvalue weighted by Gasteiger charge is -2.34. The third kappa shape index (κ3) is 3.79. The average molecular weight is 329 g/mol. The van der Waals surface area contributed by atoms with Gasteiger partial charge in [0.1, 0.15) is 5.82 Å². The highest BCUT2D eigenvalue weighted by Crippen LogP contribution is 2.34. The molecule has 4 atom stereocenters. The fraction of sp³-hybridized carbons (Fsp3) is 0.625. The Balaban J connectivity index is 2.02. The van der Waals surface area contributed by atoms with Gasteiger partial charge < -0.3 is 4.74 Å². The van der Waals surface area contributed by atoms with E-state index < -0.39 is 0 Å². The van der Waals surface area contributed by atoms with Crippen LogP contribution < -0.4 is 0 Å². The van der Waals surface area contributed by atoms with Gasteiger partial charge in [0.15, 0.2) is 0 Å². The molecule has 1 fully saturated rings. The van der Waals surface area contributed by atoms with Crippen molar-refractivity contribution in [3.63, 3.8) is 0 Å². The van der Waals surface area contributed by atoms with Crippen molar-refractivity contribution in [2.75, 3.05) is 5.33 Å². The Bertz CT molecular complexity index is 409. The van der Waals surface area contributed by atoms with Crippen LogP contribution in [-0.2, 0) is 4.74 Å². The molecule has 0 aliphatic heterocycles. The molecule has 1 nitrogen and oxygen atoms in total. The summed E-state index contributed by atoms with van der Waals surface area (Å²) in [6.45, 7) is 4.59. The summed E-state index contributed by atoms with van der Waals surface area (Å²) in [5, 5.41) is 0.633. The second-order valence-corrected chi connectivity index (χ2v) is 6.34. The van der Waals surface area contributed by atoms with Crippen molar-refractivity contribution < 1.29 is 9.13 Å². The summed E-state index contributed by atoms with van der Waals surface area (Å²) < 4.78 is 20.0. The molecule has 1 aliphatic carbocycles. The molecule has 106 valence electrons. The molecular formula is C16H22BrFO. The number of hydrogen-bond acceptors (Lipinski definition) is 1. The topological polar surface area (TPSA) is 9.23 Å². The van der Waals surface area contributed by atoms with Gasteiger partial charge in [0.05, 0.1) is 12.2 Å². The minimum absolute atomic E-state index is 0.177. The number of hydrogen-bond donors (Lipinski definition) is 0. The standard InChI is InChI=1S/C16H22BrFO/c1-11-7-8-13(9-12(11)2)19-16(10-17)14-5-3-4-6-15(14)18/h3-6,11-13,16H,7-10H2,1-2H3. The molecule has 0 amide bonds. The average Bonchev–Trinajstić information content (AvgIpc) is 2.41. The maximum atomic E-state index is 13.8. The molecule has 0 radical (unpaired) electrons. The molecule has 1 aromatic rings. The summed E-state index contributed by atoms with van der Waals surface area (Å²) in [4.78, 5) is 0. The number of alkyl halides is 1. The maximum absolute atomic E-state index is 13.8.